The topological polar surface area (TPSA) is 9.23 Å². The summed E-state index contributed by atoms with van der Waals surface area (Å²) in [6.07, 6.45) is 4.94. The molecule has 1 aliphatic rings. The number of hydrogen-bond donors (Lipinski definition) is 0. The summed E-state index contributed by atoms with van der Waals surface area (Å²) in [4.78, 5) is 0. The molecule has 130 valence electrons. The highest BCUT2D eigenvalue weighted by Gasteiger charge is 2.32. The third kappa shape index (κ3) is 5.92. The van der Waals surface area contributed by atoms with E-state index in [-0.39, 0.29) is 0 Å². The molecule has 0 unspecified atom stereocenters. The lowest BCUT2D eigenvalue weighted by Gasteiger charge is -2.25. The highest BCUT2D eigenvalue weighted by atomic mass is 19.4. The quantitative estimate of drug-likeness (QED) is 0.495. The molecule has 0 amide bonds. The first-order valence-corrected chi connectivity index (χ1v) is 8.11. The van der Waals surface area contributed by atoms with E-state index in [4.69, 9.17) is 0 Å². The number of allylic oxidation sites excluding steroid dienone is 2. The largest absolute Gasteiger partial charge is 0.573 e. The Morgan fingerprint density at radius 3 is 2.50 bits per heavy atom. The molecule has 0 radical (unpaired) electrons. The second-order valence-electron chi connectivity index (χ2n) is 6.01. The van der Waals surface area contributed by atoms with Crippen molar-refractivity contribution >= 4 is 0 Å². The average Bonchev–Trinajstić information content (AvgIpc) is 2.53. The Hall–Kier alpha value is -1.96. The summed E-state index contributed by atoms with van der Waals surface area (Å²) in [7, 11) is 0. The minimum atomic E-state index is -4.91. The van der Waals surface area contributed by atoms with E-state index >= 15 is 0 Å². The Bertz CT molecular complexity index is 629. The summed E-state index contributed by atoms with van der Waals surface area (Å²) in [5, 5.41) is 0. The molecule has 5 heteroatoms. The van der Waals surface area contributed by atoms with Gasteiger partial charge in [0, 0.05) is 5.56 Å². The van der Waals surface area contributed by atoms with Crippen molar-refractivity contribution < 1.29 is 22.3 Å². The minimum Gasteiger partial charge on any atom is -0.403 e. The van der Waals surface area contributed by atoms with Gasteiger partial charge in [-0.15, -0.1) is 13.2 Å². The van der Waals surface area contributed by atoms with Crippen molar-refractivity contribution in [3.05, 3.63) is 41.7 Å². The van der Waals surface area contributed by atoms with Crippen molar-refractivity contribution in [1.29, 1.82) is 0 Å². The highest BCUT2D eigenvalue weighted by molar-refractivity contribution is 5.41. The van der Waals surface area contributed by atoms with Crippen LogP contribution in [0.4, 0.5) is 17.6 Å². The molecular formula is C19H20F4O. The van der Waals surface area contributed by atoms with Gasteiger partial charge >= 0.3 is 6.36 Å². The Balaban J connectivity index is 1.91. The van der Waals surface area contributed by atoms with Crippen molar-refractivity contribution in [1.82, 2.24) is 0 Å². The van der Waals surface area contributed by atoms with Gasteiger partial charge in [0.1, 0.15) is 0 Å². The molecule has 2 rings (SSSR count). The third-order valence-corrected chi connectivity index (χ3v) is 4.29. The lowest BCUT2D eigenvalue weighted by atomic mass is 9.81. The van der Waals surface area contributed by atoms with E-state index in [0.29, 0.717) is 11.5 Å². The number of hydrogen-bond acceptors (Lipinski definition) is 1. The maximum absolute atomic E-state index is 13.5. The van der Waals surface area contributed by atoms with Gasteiger partial charge in [-0.05, 0) is 61.8 Å². The lowest BCUT2D eigenvalue weighted by Crippen LogP contribution is -2.17. The number of benzene rings is 1. The van der Waals surface area contributed by atoms with Gasteiger partial charge in [-0.1, -0.05) is 31.3 Å². The minimum absolute atomic E-state index is 0.307. The summed E-state index contributed by atoms with van der Waals surface area (Å²) < 4.78 is 53.3. The predicted molar refractivity (Wildman–Crippen MR) is 84.8 cm³/mol. The molecule has 0 spiro atoms. The molecule has 1 aromatic rings. The SMILES string of the molecule is CCC1CCC(/C=C/C#Cc2ccc(OC(F)(F)F)c(F)c2)CC1. The molecule has 0 heterocycles. The first-order valence-electron chi connectivity index (χ1n) is 8.11. The van der Waals surface area contributed by atoms with E-state index in [0.717, 1.165) is 30.9 Å². The second-order valence-corrected chi connectivity index (χ2v) is 6.01. The Kier molecular flexibility index (Phi) is 6.30. The van der Waals surface area contributed by atoms with E-state index < -0.39 is 17.9 Å². The molecule has 0 saturated heterocycles. The summed E-state index contributed by atoms with van der Waals surface area (Å²) in [6.45, 7) is 2.22. The Morgan fingerprint density at radius 1 is 1.21 bits per heavy atom. The van der Waals surface area contributed by atoms with E-state index in [1.165, 1.54) is 25.3 Å². The fourth-order valence-corrected chi connectivity index (χ4v) is 2.88. The number of halogens is 4. The molecular weight excluding hydrogens is 320 g/mol. The smallest absolute Gasteiger partial charge is 0.403 e. The van der Waals surface area contributed by atoms with Crippen LogP contribution in [0.3, 0.4) is 0 Å². The summed E-state index contributed by atoms with van der Waals surface area (Å²) >= 11 is 0. The van der Waals surface area contributed by atoms with Crippen LogP contribution in [0.5, 0.6) is 5.75 Å². The number of rotatable bonds is 3. The van der Waals surface area contributed by atoms with Gasteiger partial charge in [0.15, 0.2) is 11.6 Å². The normalized spacial score (nSPS) is 21.4. The second kappa shape index (κ2) is 8.23. The van der Waals surface area contributed by atoms with Crippen molar-refractivity contribution in [2.75, 3.05) is 0 Å². The summed E-state index contributed by atoms with van der Waals surface area (Å²) in [5.41, 5.74) is 0.307. The van der Waals surface area contributed by atoms with Crippen molar-refractivity contribution in [3.8, 4) is 17.6 Å². The first kappa shape index (κ1) is 18.4. The van der Waals surface area contributed by atoms with Crippen LogP contribution < -0.4 is 4.74 Å². The Morgan fingerprint density at radius 2 is 1.92 bits per heavy atom. The maximum Gasteiger partial charge on any atom is 0.573 e. The van der Waals surface area contributed by atoms with Gasteiger partial charge in [-0.3, -0.25) is 0 Å². The zero-order chi connectivity index (χ0) is 17.6. The van der Waals surface area contributed by atoms with Crippen LogP contribution in [0, 0.1) is 29.5 Å². The zero-order valence-corrected chi connectivity index (χ0v) is 13.5. The third-order valence-electron chi connectivity index (χ3n) is 4.29. The van der Waals surface area contributed by atoms with Gasteiger partial charge in [-0.25, -0.2) is 4.39 Å². The number of ether oxygens (including phenoxy) is 1. The molecule has 24 heavy (non-hydrogen) atoms. The van der Waals surface area contributed by atoms with Crippen molar-refractivity contribution in [2.45, 2.75) is 45.4 Å². The van der Waals surface area contributed by atoms with E-state index in [2.05, 4.69) is 29.6 Å². The standard InChI is InChI=1S/C19H20F4O/c1-2-14-7-9-15(10-8-14)5-3-4-6-16-11-12-18(17(20)13-16)24-19(21,22)23/h3,5,11-15H,2,7-10H2,1H3/b5-3+. The molecule has 1 aromatic carbocycles. The average molecular weight is 340 g/mol. The molecule has 1 aliphatic carbocycles. The van der Waals surface area contributed by atoms with Crippen LogP contribution in [0.25, 0.3) is 0 Å². The van der Waals surface area contributed by atoms with Gasteiger partial charge in [0.05, 0.1) is 0 Å². The molecule has 0 N–H and O–H groups in total. The molecule has 0 bridgehead atoms. The van der Waals surface area contributed by atoms with E-state index in [1.54, 1.807) is 6.08 Å². The van der Waals surface area contributed by atoms with Crippen LogP contribution in [0.1, 0.15) is 44.6 Å². The summed E-state index contributed by atoms with van der Waals surface area (Å²) in [6, 6.07) is 3.17. The molecule has 1 nitrogen and oxygen atoms in total. The fourth-order valence-electron chi connectivity index (χ4n) is 2.88. The Labute approximate surface area is 139 Å². The van der Waals surface area contributed by atoms with Crippen LogP contribution in [-0.2, 0) is 0 Å². The van der Waals surface area contributed by atoms with Crippen LogP contribution >= 0.6 is 0 Å². The van der Waals surface area contributed by atoms with Crippen LogP contribution in [-0.4, -0.2) is 6.36 Å². The number of alkyl halides is 3. The molecule has 1 saturated carbocycles. The van der Waals surface area contributed by atoms with Gasteiger partial charge < -0.3 is 4.74 Å². The summed E-state index contributed by atoms with van der Waals surface area (Å²) in [5.74, 6) is 4.96. The lowest BCUT2D eigenvalue weighted by molar-refractivity contribution is -0.275. The van der Waals surface area contributed by atoms with E-state index in [9.17, 15) is 17.6 Å². The molecule has 0 aromatic heterocycles. The van der Waals surface area contributed by atoms with Crippen LogP contribution in [0.15, 0.2) is 30.4 Å². The monoisotopic (exact) mass is 340 g/mol. The van der Waals surface area contributed by atoms with Crippen molar-refractivity contribution in [3.63, 3.8) is 0 Å². The van der Waals surface area contributed by atoms with Crippen molar-refractivity contribution in [2.24, 2.45) is 11.8 Å². The predicted octanol–water partition coefficient (Wildman–Crippen LogP) is 5.85. The van der Waals surface area contributed by atoms with Gasteiger partial charge in [-0.2, -0.15) is 0 Å². The highest BCUT2D eigenvalue weighted by Crippen LogP contribution is 2.31. The zero-order valence-electron chi connectivity index (χ0n) is 13.5. The van der Waals surface area contributed by atoms with Gasteiger partial charge in [0.25, 0.3) is 0 Å². The van der Waals surface area contributed by atoms with Gasteiger partial charge in [0.2, 0.25) is 0 Å². The van der Waals surface area contributed by atoms with E-state index in [1.807, 2.05) is 0 Å². The molecule has 0 aliphatic heterocycles. The fraction of sp³-hybridized carbons (Fsp3) is 0.474. The van der Waals surface area contributed by atoms with Crippen LogP contribution in [0.2, 0.25) is 0 Å². The molecule has 1 fully saturated rings. The maximum atomic E-state index is 13.5. The molecule has 0 atom stereocenters. The first-order chi connectivity index (χ1) is 11.4.